The summed E-state index contributed by atoms with van der Waals surface area (Å²) in [6, 6.07) is 0.00459. The van der Waals surface area contributed by atoms with Crippen LogP contribution < -0.4 is 11.1 Å². The molecule has 0 spiro atoms. The number of nitrogens with one attached hydrogen (secondary N) is 2. The second kappa shape index (κ2) is 3.79. The fourth-order valence-electron chi connectivity index (χ4n) is 1.42. The van der Waals surface area contributed by atoms with Crippen molar-refractivity contribution < 1.29 is 4.79 Å². The maximum Gasteiger partial charge on any atom is 0.228 e. The molecule has 5 heteroatoms. The number of anilines is 1. The first kappa shape index (κ1) is 9.21. The number of nitrogens with zero attached hydrogens (tertiary/aromatic N) is 1. The number of amides is 1. The molecule has 1 saturated carbocycles. The minimum absolute atomic E-state index is 0.00459. The first-order valence-electron chi connectivity index (χ1n) is 4.80. The molecule has 1 fully saturated rings. The van der Waals surface area contributed by atoms with Crippen LogP contribution in [0.25, 0.3) is 0 Å². The van der Waals surface area contributed by atoms with Crippen LogP contribution in [-0.4, -0.2) is 21.9 Å². The Morgan fingerprint density at radius 2 is 2.57 bits per heavy atom. The van der Waals surface area contributed by atoms with Crippen molar-refractivity contribution in [1.29, 1.82) is 0 Å². The summed E-state index contributed by atoms with van der Waals surface area (Å²) >= 11 is 0. The normalized spacial score (nSPS) is 17.8. The Hall–Kier alpha value is -1.36. The maximum absolute atomic E-state index is 11.4. The lowest BCUT2D eigenvalue weighted by molar-refractivity contribution is -0.116. The Kier molecular flexibility index (Phi) is 2.49. The number of carbonyl (C=O) groups is 1. The van der Waals surface area contributed by atoms with Crippen LogP contribution in [-0.2, 0) is 4.79 Å². The summed E-state index contributed by atoms with van der Waals surface area (Å²) in [5, 5.41) is 2.65. The zero-order valence-electron chi connectivity index (χ0n) is 7.86. The van der Waals surface area contributed by atoms with Crippen molar-refractivity contribution in [2.24, 2.45) is 11.7 Å². The third-order valence-corrected chi connectivity index (χ3v) is 2.40. The van der Waals surface area contributed by atoms with Gasteiger partial charge in [0.1, 0.15) is 0 Å². The highest BCUT2D eigenvalue weighted by molar-refractivity contribution is 5.89. The van der Waals surface area contributed by atoms with Crippen molar-refractivity contribution in [3.8, 4) is 0 Å². The van der Waals surface area contributed by atoms with Gasteiger partial charge in [-0.2, -0.15) is 0 Å². The Bertz CT molecular complexity index is 305. The lowest BCUT2D eigenvalue weighted by Crippen LogP contribution is -2.29. The molecule has 1 aromatic heterocycles. The molecule has 1 atom stereocenters. The molecule has 5 nitrogen and oxygen atoms in total. The number of H-pyrrole nitrogens is 1. The predicted molar refractivity (Wildman–Crippen MR) is 52.5 cm³/mol. The molecule has 0 aromatic carbocycles. The average Bonchev–Trinajstić information content (AvgIpc) is 2.87. The predicted octanol–water partition coefficient (Wildman–Crippen LogP) is 0.476. The lowest BCUT2D eigenvalue weighted by atomic mass is 10.1. The van der Waals surface area contributed by atoms with Gasteiger partial charge in [0.2, 0.25) is 11.9 Å². The van der Waals surface area contributed by atoms with E-state index in [-0.39, 0.29) is 11.9 Å². The summed E-state index contributed by atoms with van der Waals surface area (Å²) < 4.78 is 0. The van der Waals surface area contributed by atoms with Crippen LogP contribution in [0.5, 0.6) is 0 Å². The minimum atomic E-state index is -0.0700. The lowest BCUT2D eigenvalue weighted by Gasteiger charge is -2.08. The zero-order valence-corrected chi connectivity index (χ0v) is 7.86. The number of hydrogen-bond donors (Lipinski definition) is 3. The molecule has 2 rings (SSSR count). The van der Waals surface area contributed by atoms with Gasteiger partial charge in [-0.05, 0) is 18.8 Å². The van der Waals surface area contributed by atoms with Crippen LogP contribution >= 0.6 is 0 Å². The van der Waals surface area contributed by atoms with Gasteiger partial charge < -0.3 is 10.7 Å². The molecule has 4 N–H and O–H groups in total. The molecule has 1 heterocycles. The molecular formula is C9H14N4O. The minimum Gasteiger partial charge on any atom is -0.331 e. The number of rotatable bonds is 4. The number of aromatic nitrogens is 2. The Balaban J connectivity index is 1.78. The molecule has 1 amide bonds. The maximum atomic E-state index is 11.4. The van der Waals surface area contributed by atoms with E-state index in [0.29, 0.717) is 18.3 Å². The smallest absolute Gasteiger partial charge is 0.228 e. The van der Waals surface area contributed by atoms with Crippen molar-refractivity contribution in [2.75, 3.05) is 5.32 Å². The summed E-state index contributed by atoms with van der Waals surface area (Å²) in [5.74, 6) is 0.967. The largest absolute Gasteiger partial charge is 0.331 e. The second-order valence-corrected chi connectivity index (χ2v) is 3.69. The van der Waals surface area contributed by atoms with Crippen molar-refractivity contribution >= 4 is 11.9 Å². The molecule has 0 saturated heterocycles. The summed E-state index contributed by atoms with van der Waals surface area (Å²) in [6.07, 6.45) is 5.96. The monoisotopic (exact) mass is 194 g/mol. The Morgan fingerprint density at radius 1 is 1.79 bits per heavy atom. The van der Waals surface area contributed by atoms with E-state index in [1.54, 1.807) is 12.4 Å². The van der Waals surface area contributed by atoms with Crippen molar-refractivity contribution in [3.05, 3.63) is 12.4 Å². The van der Waals surface area contributed by atoms with E-state index in [1.807, 2.05) is 0 Å². The Morgan fingerprint density at radius 3 is 3.14 bits per heavy atom. The number of carbonyl (C=O) groups excluding carboxylic acids is 1. The quantitative estimate of drug-likeness (QED) is 0.651. The SMILES string of the molecule is NC(CC(=O)Nc1ncc[nH]1)C1CC1. The van der Waals surface area contributed by atoms with E-state index in [2.05, 4.69) is 15.3 Å². The highest BCUT2D eigenvalue weighted by Crippen LogP contribution is 2.32. The standard InChI is InChI=1S/C9H14N4O/c10-7(6-1-2-6)5-8(14)13-9-11-3-4-12-9/h3-4,6-7H,1-2,5,10H2,(H2,11,12,13,14). The van der Waals surface area contributed by atoms with Gasteiger partial charge in [0, 0.05) is 24.9 Å². The van der Waals surface area contributed by atoms with Gasteiger partial charge in [0.25, 0.3) is 0 Å². The molecule has 0 bridgehead atoms. The summed E-state index contributed by atoms with van der Waals surface area (Å²) in [4.78, 5) is 18.1. The van der Waals surface area contributed by atoms with Gasteiger partial charge in [0.15, 0.2) is 0 Å². The second-order valence-electron chi connectivity index (χ2n) is 3.69. The zero-order chi connectivity index (χ0) is 9.97. The van der Waals surface area contributed by atoms with E-state index in [0.717, 1.165) is 12.8 Å². The van der Waals surface area contributed by atoms with E-state index in [4.69, 9.17) is 5.73 Å². The number of imidazole rings is 1. The molecule has 1 unspecified atom stereocenters. The third-order valence-electron chi connectivity index (χ3n) is 2.40. The number of nitrogens with two attached hydrogens (primary N) is 1. The molecule has 14 heavy (non-hydrogen) atoms. The van der Waals surface area contributed by atoms with Crippen molar-refractivity contribution in [2.45, 2.75) is 25.3 Å². The van der Waals surface area contributed by atoms with Crippen LogP contribution in [0, 0.1) is 5.92 Å². The van der Waals surface area contributed by atoms with Gasteiger partial charge in [-0.1, -0.05) is 0 Å². The topological polar surface area (TPSA) is 83.8 Å². The van der Waals surface area contributed by atoms with E-state index in [1.165, 1.54) is 0 Å². The van der Waals surface area contributed by atoms with E-state index < -0.39 is 0 Å². The van der Waals surface area contributed by atoms with Gasteiger partial charge in [0.05, 0.1) is 0 Å². The Labute approximate surface area is 82.1 Å². The van der Waals surface area contributed by atoms with Gasteiger partial charge >= 0.3 is 0 Å². The molecule has 1 aliphatic rings. The highest BCUT2D eigenvalue weighted by Gasteiger charge is 2.29. The van der Waals surface area contributed by atoms with Crippen LogP contribution in [0.1, 0.15) is 19.3 Å². The highest BCUT2D eigenvalue weighted by atomic mass is 16.1. The molecule has 1 aromatic rings. The fourth-order valence-corrected chi connectivity index (χ4v) is 1.42. The summed E-state index contributed by atoms with van der Waals surface area (Å²) in [7, 11) is 0. The van der Waals surface area contributed by atoms with Gasteiger partial charge in [-0.15, -0.1) is 0 Å². The first-order valence-corrected chi connectivity index (χ1v) is 4.80. The van der Waals surface area contributed by atoms with Gasteiger partial charge in [-0.3, -0.25) is 10.1 Å². The molecule has 0 radical (unpaired) electrons. The molecule has 76 valence electrons. The van der Waals surface area contributed by atoms with Crippen LogP contribution in [0.15, 0.2) is 12.4 Å². The van der Waals surface area contributed by atoms with Crippen LogP contribution in [0.2, 0.25) is 0 Å². The first-order chi connectivity index (χ1) is 6.75. The average molecular weight is 194 g/mol. The van der Waals surface area contributed by atoms with Crippen LogP contribution in [0.4, 0.5) is 5.95 Å². The summed E-state index contributed by atoms with van der Waals surface area (Å²) in [5.41, 5.74) is 5.82. The van der Waals surface area contributed by atoms with Gasteiger partial charge in [-0.25, -0.2) is 4.98 Å². The van der Waals surface area contributed by atoms with E-state index in [9.17, 15) is 4.79 Å². The number of aromatic amines is 1. The summed E-state index contributed by atoms with van der Waals surface area (Å²) in [6.45, 7) is 0. The molecular weight excluding hydrogens is 180 g/mol. The number of hydrogen-bond acceptors (Lipinski definition) is 3. The third kappa shape index (κ3) is 2.32. The molecule has 0 aliphatic heterocycles. The van der Waals surface area contributed by atoms with E-state index >= 15 is 0 Å². The molecule has 1 aliphatic carbocycles. The fraction of sp³-hybridized carbons (Fsp3) is 0.556. The van der Waals surface area contributed by atoms with Crippen molar-refractivity contribution in [3.63, 3.8) is 0 Å². The van der Waals surface area contributed by atoms with Crippen LogP contribution in [0.3, 0.4) is 0 Å². The van der Waals surface area contributed by atoms with Crippen molar-refractivity contribution in [1.82, 2.24) is 9.97 Å².